The Morgan fingerprint density at radius 1 is 1.21 bits per heavy atom. The molecule has 1 atom stereocenters. The molecule has 0 unspecified atom stereocenters. The van der Waals surface area contributed by atoms with Crippen LogP contribution in [0.3, 0.4) is 0 Å². The van der Waals surface area contributed by atoms with Crippen LogP contribution < -0.4 is 15.5 Å². The zero-order valence-electron chi connectivity index (χ0n) is 11.3. The van der Waals surface area contributed by atoms with Crippen LogP contribution in [-0.4, -0.2) is 30.2 Å². The van der Waals surface area contributed by atoms with Gasteiger partial charge in [0, 0.05) is 25.2 Å². The number of hydrogen-bond donors (Lipinski definition) is 2. The Balaban J connectivity index is 2.03. The number of amides is 1. The van der Waals surface area contributed by atoms with E-state index in [0.717, 1.165) is 18.7 Å². The minimum atomic E-state index is -0.244. The van der Waals surface area contributed by atoms with Gasteiger partial charge in [-0.2, -0.15) is 0 Å². The molecule has 1 fully saturated rings. The molecular formula is C14H19N3OS. The average Bonchev–Trinajstić information content (AvgIpc) is 2.71. The number of rotatable bonds is 5. The SMILES string of the molecule is CCN(CC)c1ccc(C[C@@H]2NC(=S)NC2=O)cc1. The van der Waals surface area contributed by atoms with Gasteiger partial charge in [-0.15, -0.1) is 0 Å². The van der Waals surface area contributed by atoms with Crippen molar-refractivity contribution in [1.82, 2.24) is 10.6 Å². The van der Waals surface area contributed by atoms with Crippen LogP contribution in [0.1, 0.15) is 19.4 Å². The maximum absolute atomic E-state index is 11.6. The van der Waals surface area contributed by atoms with Crippen molar-refractivity contribution in [3.05, 3.63) is 29.8 Å². The minimum absolute atomic E-state index is 0.0437. The quantitative estimate of drug-likeness (QED) is 0.800. The summed E-state index contributed by atoms with van der Waals surface area (Å²) >= 11 is 4.93. The van der Waals surface area contributed by atoms with Crippen molar-refractivity contribution < 1.29 is 4.79 Å². The number of carbonyl (C=O) groups excluding carboxylic acids is 1. The fraction of sp³-hybridized carbons (Fsp3) is 0.429. The summed E-state index contributed by atoms with van der Waals surface area (Å²) in [6, 6.07) is 8.11. The van der Waals surface area contributed by atoms with Crippen molar-refractivity contribution in [2.75, 3.05) is 18.0 Å². The summed E-state index contributed by atoms with van der Waals surface area (Å²) in [5.74, 6) is -0.0437. The first-order valence-electron chi connectivity index (χ1n) is 6.59. The van der Waals surface area contributed by atoms with Crippen LogP contribution in [0, 0.1) is 0 Å². The van der Waals surface area contributed by atoms with E-state index in [2.05, 4.69) is 53.6 Å². The zero-order valence-corrected chi connectivity index (χ0v) is 12.1. The predicted octanol–water partition coefficient (Wildman–Crippen LogP) is 1.45. The Hall–Kier alpha value is -1.62. The summed E-state index contributed by atoms with van der Waals surface area (Å²) in [5, 5.41) is 6.01. The topological polar surface area (TPSA) is 44.4 Å². The van der Waals surface area contributed by atoms with E-state index in [1.165, 1.54) is 5.69 Å². The number of hydrogen-bond acceptors (Lipinski definition) is 3. The van der Waals surface area contributed by atoms with Gasteiger partial charge in [-0.05, 0) is 43.8 Å². The summed E-state index contributed by atoms with van der Waals surface area (Å²) in [4.78, 5) is 13.9. The lowest BCUT2D eigenvalue weighted by Gasteiger charge is -2.21. The Labute approximate surface area is 119 Å². The molecule has 1 aliphatic rings. The normalized spacial score (nSPS) is 18.1. The number of nitrogens with zero attached hydrogens (tertiary/aromatic N) is 1. The second kappa shape index (κ2) is 6.02. The maximum Gasteiger partial charge on any atom is 0.249 e. The predicted molar refractivity (Wildman–Crippen MR) is 81.4 cm³/mol. The van der Waals surface area contributed by atoms with Crippen molar-refractivity contribution in [3.63, 3.8) is 0 Å². The van der Waals surface area contributed by atoms with E-state index < -0.39 is 0 Å². The standard InChI is InChI=1S/C14H19N3OS/c1-3-17(4-2)11-7-5-10(6-8-11)9-12-13(18)16-14(19)15-12/h5-8,12H,3-4,9H2,1-2H3,(H2,15,16,18,19)/t12-/m0/s1. The first-order valence-corrected chi connectivity index (χ1v) is 7.00. The first-order chi connectivity index (χ1) is 9.13. The van der Waals surface area contributed by atoms with E-state index in [9.17, 15) is 4.79 Å². The third kappa shape index (κ3) is 3.23. The largest absolute Gasteiger partial charge is 0.372 e. The van der Waals surface area contributed by atoms with Crippen molar-refractivity contribution in [2.45, 2.75) is 26.3 Å². The number of anilines is 1. The molecule has 0 aromatic heterocycles. The average molecular weight is 277 g/mol. The van der Waals surface area contributed by atoms with Crippen LogP contribution in [0.4, 0.5) is 5.69 Å². The summed E-state index contributed by atoms with van der Waals surface area (Å²) in [7, 11) is 0. The Bertz CT molecular complexity index is 468. The molecule has 1 aromatic rings. The van der Waals surface area contributed by atoms with Crippen molar-refractivity contribution in [3.8, 4) is 0 Å². The van der Waals surface area contributed by atoms with E-state index in [0.29, 0.717) is 11.5 Å². The number of carbonyl (C=O) groups is 1. The van der Waals surface area contributed by atoms with Gasteiger partial charge in [0.15, 0.2) is 5.11 Å². The summed E-state index contributed by atoms with van der Waals surface area (Å²) < 4.78 is 0. The lowest BCUT2D eigenvalue weighted by Crippen LogP contribution is -2.31. The van der Waals surface area contributed by atoms with Gasteiger partial charge in [0.05, 0.1) is 0 Å². The fourth-order valence-corrected chi connectivity index (χ4v) is 2.51. The van der Waals surface area contributed by atoms with Crippen molar-refractivity contribution in [2.24, 2.45) is 0 Å². The van der Waals surface area contributed by atoms with Crippen LogP contribution >= 0.6 is 12.2 Å². The number of benzene rings is 1. The van der Waals surface area contributed by atoms with Crippen LogP contribution in [0.5, 0.6) is 0 Å². The first kappa shape index (κ1) is 13.8. The van der Waals surface area contributed by atoms with E-state index in [-0.39, 0.29) is 11.9 Å². The van der Waals surface area contributed by atoms with Gasteiger partial charge in [-0.25, -0.2) is 0 Å². The smallest absolute Gasteiger partial charge is 0.249 e. The molecule has 1 aliphatic heterocycles. The van der Waals surface area contributed by atoms with Crippen LogP contribution in [0.15, 0.2) is 24.3 Å². The summed E-state index contributed by atoms with van der Waals surface area (Å²) in [6.07, 6.45) is 0.657. The van der Waals surface area contributed by atoms with Crippen LogP contribution in [0.2, 0.25) is 0 Å². The highest BCUT2D eigenvalue weighted by molar-refractivity contribution is 7.80. The lowest BCUT2D eigenvalue weighted by atomic mass is 10.1. The second-order valence-corrected chi connectivity index (χ2v) is 4.97. The molecule has 0 spiro atoms. The molecule has 0 bridgehead atoms. The van der Waals surface area contributed by atoms with Gasteiger partial charge in [0.2, 0.25) is 5.91 Å². The van der Waals surface area contributed by atoms with Crippen LogP contribution in [0.25, 0.3) is 0 Å². The number of nitrogens with one attached hydrogen (secondary N) is 2. The molecule has 0 radical (unpaired) electrons. The fourth-order valence-electron chi connectivity index (χ4n) is 2.27. The van der Waals surface area contributed by atoms with Crippen LogP contribution in [-0.2, 0) is 11.2 Å². The third-order valence-corrected chi connectivity index (χ3v) is 3.58. The summed E-state index contributed by atoms with van der Waals surface area (Å²) in [6.45, 7) is 6.28. The van der Waals surface area contributed by atoms with E-state index in [1.807, 2.05) is 0 Å². The van der Waals surface area contributed by atoms with Gasteiger partial charge in [0.1, 0.15) is 6.04 Å². The second-order valence-electron chi connectivity index (χ2n) is 4.56. The van der Waals surface area contributed by atoms with E-state index in [4.69, 9.17) is 12.2 Å². The van der Waals surface area contributed by atoms with Gasteiger partial charge < -0.3 is 15.5 Å². The van der Waals surface area contributed by atoms with Crippen molar-refractivity contribution in [1.29, 1.82) is 0 Å². The monoisotopic (exact) mass is 277 g/mol. The Morgan fingerprint density at radius 2 is 1.84 bits per heavy atom. The van der Waals surface area contributed by atoms with Gasteiger partial charge in [-0.1, -0.05) is 12.1 Å². The highest BCUT2D eigenvalue weighted by Gasteiger charge is 2.26. The highest BCUT2D eigenvalue weighted by atomic mass is 32.1. The molecule has 1 aromatic carbocycles. The Morgan fingerprint density at radius 3 is 2.32 bits per heavy atom. The van der Waals surface area contributed by atoms with E-state index in [1.54, 1.807) is 0 Å². The van der Waals surface area contributed by atoms with Gasteiger partial charge >= 0.3 is 0 Å². The molecule has 4 nitrogen and oxygen atoms in total. The highest BCUT2D eigenvalue weighted by Crippen LogP contribution is 2.16. The van der Waals surface area contributed by atoms with Gasteiger partial charge in [-0.3, -0.25) is 4.79 Å². The molecule has 5 heteroatoms. The van der Waals surface area contributed by atoms with Gasteiger partial charge in [0.25, 0.3) is 0 Å². The molecule has 0 saturated carbocycles. The Kier molecular flexibility index (Phi) is 4.37. The molecule has 0 aliphatic carbocycles. The molecule has 1 saturated heterocycles. The molecule has 2 N–H and O–H groups in total. The molecule has 2 rings (SSSR count). The third-order valence-electron chi connectivity index (χ3n) is 3.36. The molecule has 1 amide bonds. The summed E-state index contributed by atoms with van der Waals surface area (Å²) in [5.41, 5.74) is 2.35. The van der Waals surface area contributed by atoms with E-state index >= 15 is 0 Å². The number of thiocarbonyl (C=S) groups is 1. The zero-order chi connectivity index (χ0) is 13.8. The minimum Gasteiger partial charge on any atom is -0.372 e. The maximum atomic E-state index is 11.6. The molecule has 19 heavy (non-hydrogen) atoms. The molecule has 1 heterocycles. The lowest BCUT2D eigenvalue weighted by molar-refractivity contribution is -0.120. The molecular weight excluding hydrogens is 258 g/mol. The molecule has 102 valence electrons. The van der Waals surface area contributed by atoms with Crippen molar-refractivity contribution >= 4 is 28.9 Å².